The van der Waals surface area contributed by atoms with Crippen LogP contribution in [0.4, 0.5) is 25.4 Å². The number of benzene rings is 2. The van der Waals surface area contributed by atoms with Gasteiger partial charge in [0.2, 0.25) is 0 Å². The van der Waals surface area contributed by atoms with Crippen LogP contribution in [0.3, 0.4) is 0 Å². The average molecular weight is 370 g/mol. The Morgan fingerprint density at radius 1 is 1.07 bits per heavy atom. The van der Waals surface area contributed by atoms with Crippen molar-refractivity contribution in [3.05, 3.63) is 59.9 Å². The lowest BCUT2D eigenvalue weighted by Gasteiger charge is -2.35. The molecule has 1 fully saturated rings. The Bertz CT molecular complexity index is 793. The summed E-state index contributed by atoms with van der Waals surface area (Å²) < 4.78 is 13.1. The lowest BCUT2D eigenvalue weighted by Crippen LogP contribution is -2.49. The number of hydrogen-bond acceptors (Lipinski definition) is 2. The summed E-state index contributed by atoms with van der Waals surface area (Å²) >= 11 is 0. The zero-order valence-corrected chi connectivity index (χ0v) is 15.2. The van der Waals surface area contributed by atoms with Crippen LogP contribution < -0.4 is 15.5 Å². The first kappa shape index (κ1) is 18.7. The summed E-state index contributed by atoms with van der Waals surface area (Å²) in [4.78, 5) is 27.9. The quantitative estimate of drug-likeness (QED) is 0.841. The van der Waals surface area contributed by atoms with Crippen LogP contribution in [0.15, 0.2) is 48.5 Å². The van der Waals surface area contributed by atoms with E-state index in [1.165, 1.54) is 12.1 Å². The van der Waals surface area contributed by atoms with Crippen LogP contribution >= 0.6 is 0 Å². The van der Waals surface area contributed by atoms with Gasteiger partial charge in [-0.25, -0.2) is 14.0 Å². The van der Waals surface area contributed by atoms with Gasteiger partial charge < -0.3 is 15.5 Å². The number of anilines is 2. The van der Waals surface area contributed by atoms with Crippen molar-refractivity contribution < 1.29 is 14.0 Å². The maximum Gasteiger partial charge on any atom is 0.324 e. The lowest BCUT2D eigenvalue weighted by molar-refractivity contribution is 0.192. The number of halogens is 1. The third kappa shape index (κ3) is 4.75. The van der Waals surface area contributed by atoms with Gasteiger partial charge in [-0.15, -0.1) is 0 Å². The summed E-state index contributed by atoms with van der Waals surface area (Å²) in [7, 11) is 0. The standard InChI is InChI=1S/C20H23FN4O2/c1-2-22-19(26)23-17-8-10-18(11-9-17)25-13-3-12-24(20(25)27)14-15-4-6-16(21)7-5-15/h4-11H,2-3,12-14H2,1H3,(H2,22,23,26). The molecule has 1 aliphatic heterocycles. The minimum Gasteiger partial charge on any atom is -0.338 e. The SMILES string of the molecule is CCNC(=O)Nc1ccc(N2CCCN(Cc3ccc(F)cc3)C2=O)cc1. The van der Waals surface area contributed by atoms with Gasteiger partial charge in [0, 0.05) is 37.6 Å². The Balaban J connectivity index is 1.66. The number of nitrogens with zero attached hydrogens (tertiary/aromatic N) is 2. The van der Waals surface area contributed by atoms with Crippen LogP contribution in [0.25, 0.3) is 0 Å². The molecule has 0 aromatic heterocycles. The molecule has 0 spiro atoms. The summed E-state index contributed by atoms with van der Waals surface area (Å²) in [5, 5.41) is 5.40. The molecule has 0 bridgehead atoms. The predicted octanol–water partition coefficient (Wildman–Crippen LogP) is 3.80. The average Bonchev–Trinajstić information content (AvgIpc) is 2.66. The van der Waals surface area contributed by atoms with Gasteiger partial charge in [0.15, 0.2) is 0 Å². The first-order valence-corrected chi connectivity index (χ1v) is 9.02. The van der Waals surface area contributed by atoms with Crippen molar-refractivity contribution in [3.8, 4) is 0 Å². The first-order valence-electron chi connectivity index (χ1n) is 9.02. The van der Waals surface area contributed by atoms with E-state index in [9.17, 15) is 14.0 Å². The van der Waals surface area contributed by atoms with Crippen LogP contribution in [-0.2, 0) is 6.54 Å². The fourth-order valence-electron chi connectivity index (χ4n) is 3.04. The molecule has 1 heterocycles. The van der Waals surface area contributed by atoms with Gasteiger partial charge in [0.1, 0.15) is 5.82 Å². The summed E-state index contributed by atoms with van der Waals surface area (Å²) in [5.74, 6) is -0.285. The molecule has 2 aromatic rings. The zero-order valence-electron chi connectivity index (χ0n) is 15.2. The van der Waals surface area contributed by atoms with Crippen molar-refractivity contribution in [1.82, 2.24) is 10.2 Å². The molecular weight excluding hydrogens is 347 g/mol. The Morgan fingerprint density at radius 3 is 2.44 bits per heavy atom. The summed E-state index contributed by atoms with van der Waals surface area (Å²) in [6.07, 6.45) is 0.853. The van der Waals surface area contributed by atoms with Crippen LogP contribution in [0.1, 0.15) is 18.9 Å². The van der Waals surface area contributed by atoms with Crippen molar-refractivity contribution in [2.75, 3.05) is 29.9 Å². The highest BCUT2D eigenvalue weighted by atomic mass is 19.1. The van der Waals surface area contributed by atoms with Gasteiger partial charge in [-0.3, -0.25) is 4.90 Å². The number of hydrogen-bond donors (Lipinski definition) is 2. The molecular formula is C20H23FN4O2. The Labute approximate surface area is 158 Å². The second kappa shape index (κ2) is 8.53. The van der Waals surface area contributed by atoms with E-state index >= 15 is 0 Å². The topological polar surface area (TPSA) is 64.7 Å². The number of carbonyl (C=O) groups excluding carboxylic acids is 2. The van der Waals surface area contributed by atoms with Crippen molar-refractivity contribution >= 4 is 23.4 Å². The summed E-state index contributed by atoms with van der Waals surface area (Å²) in [6, 6.07) is 13.1. The van der Waals surface area contributed by atoms with Gasteiger partial charge >= 0.3 is 12.1 Å². The molecule has 0 aliphatic carbocycles. The molecule has 0 atom stereocenters. The minimum atomic E-state index is -0.285. The highest BCUT2D eigenvalue weighted by molar-refractivity contribution is 5.93. The molecule has 3 rings (SSSR count). The maximum absolute atomic E-state index is 13.1. The number of urea groups is 2. The number of rotatable bonds is 5. The highest BCUT2D eigenvalue weighted by Crippen LogP contribution is 2.23. The molecule has 6 nitrogen and oxygen atoms in total. The van der Waals surface area contributed by atoms with Crippen molar-refractivity contribution in [1.29, 1.82) is 0 Å². The molecule has 4 amide bonds. The predicted molar refractivity (Wildman–Crippen MR) is 103 cm³/mol. The van der Waals surface area contributed by atoms with Gasteiger partial charge in [0.25, 0.3) is 0 Å². The molecule has 7 heteroatoms. The van der Waals surface area contributed by atoms with Crippen molar-refractivity contribution in [3.63, 3.8) is 0 Å². The molecule has 0 radical (unpaired) electrons. The van der Waals surface area contributed by atoms with Gasteiger partial charge in [-0.1, -0.05) is 12.1 Å². The van der Waals surface area contributed by atoms with E-state index in [1.807, 2.05) is 19.1 Å². The van der Waals surface area contributed by atoms with Crippen LogP contribution in [0, 0.1) is 5.82 Å². The third-order valence-electron chi connectivity index (χ3n) is 4.37. The third-order valence-corrected chi connectivity index (χ3v) is 4.37. The van der Waals surface area contributed by atoms with E-state index < -0.39 is 0 Å². The molecule has 1 aliphatic rings. The molecule has 142 valence electrons. The van der Waals surface area contributed by atoms with Gasteiger partial charge in [0.05, 0.1) is 0 Å². The summed E-state index contributed by atoms with van der Waals surface area (Å²) in [5.41, 5.74) is 2.34. The fourth-order valence-corrected chi connectivity index (χ4v) is 3.04. The first-order chi connectivity index (χ1) is 13.1. The van der Waals surface area contributed by atoms with E-state index in [0.29, 0.717) is 31.9 Å². The van der Waals surface area contributed by atoms with Crippen LogP contribution in [0.5, 0.6) is 0 Å². The summed E-state index contributed by atoms with van der Waals surface area (Å²) in [6.45, 7) is 4.16. The van der Waals surface area contributed by atoms with E-state index in [1.54, 1.807) is 34.1 Å². The van der Waals surface area contributed by atoms with Crippen LogP contribution in [-0.4, -0.2) is 36.6 Å². The largest absolute Gasteiger partial charge is 0.338 e. The van der Waals surface area contributed by atoms with Gasteiger partial charge in [-0.05, 0) is 55.3 Å². The van der Waals surface area contributed by atoms with E-state index in [2.05, 4.69) is 10.6 Å². The van der Waals surface area contributed by atoms with E-state index in [-0.39, 0.29) is 17.9 Å². The van der Waals surface area contributed by atoms with Crippen molar-refractivity contribution in [2.45, 2.75) is 19.9 Å². The number of nitrogens with one attached hydrogen (secondary N) is 2. The molecule has 27 heavy (non-hydrogen) atoms. The normalized spacial score (nSPS) is 14.2. The molecule has 1 saturated heterocycles. The molecule has 2 N–H and O–H groups in total. The Hall–Kier alpha value is -3.09. The zero-order chi connectivity index (χ0) is 19.2. The Morgan fingerprint density at radius 2 is 1.78 bits per heavy atom. The van der Waals surface area contributed by atoms with Gasteiger partial charge in [-0.2, -0.15) is 0 Å². The lowest BCUT2D eigenvalue weighted by atomic mass is 10.1. The second-order valence-corrected chi connectivity index (χ2v) is 6.37. The monoisotopic (exact) mass is 370 g/mol. The fraction of sp³-hybridized carbons (Fsp3) is 0.300. The minimum absolute atomic E-state index is 0.0741. The number of amides is 4. The van der Waals surface area contributed by atoms with Crippen LogP contribution in [0.2, 0.25) is 0 Å². The number of carbonyl (C=O) groups is 2. The highest BCUT2D eigenvalue weighted by Gasteiger charge is 2.26. The molecule has 2 aromatic carbocycles. The maximum atomic E-state index is 13.1. The molecule has 0 unspecified atom stereocenters. The molecule has 0 saturated carbocycles. The second-order valence-electron chi connectivity index (χ2n) is 6.37. The van der Waals surface area contributed by atoms with E-state index in [0.717, 1.165) is 17.7 Å². The smallest absolute Gasteiger partial charge is 0.324 e. The van der Waals surface area contributed by atoms with E-state index in [4.69, 9.17) is 0 Å². The van der Waals surface area contributed by atoms with Crippen molar-refractivity contribution in [2.24, 2.45) is 0 Å². The Kier molecular flexibility index (Phi) is 5.90.